The van der Waals surface area contributed by atoms with E-state index in [0.29, 0.717) is 11.2 Å². The maximum atomic E-state index is 13.2. The lowest BCUT2D eigenvalue weighted by Crippen LogP contribution is -2.21. The SMILES string of the molecule is Fc1ccnc(NCC23CCCCC2C3)c1Cl. The Morgan fingerprint density at radius 3 is 3.24 bits per heavy atom. The fourth-order valence-electron chi connectivity index (χ4n) is 3.12. The monoisotopic (exact) mass is 254 g/mol. The second-order valence-corrected chi connectivity index (χ2v) is 5.70. The van der Waals surface area contributed by atoms with Gasteiger partial charge in [0, 0.05) is 12.7 Å². The summed E-state index contributed by atoms with van der Waals surface area (Å²) in [4.78, 5) is 4.09. The largest absolute Gasteiger partial charge is 0.368 e. The number of pyridine rings is 1. The van der Waals surface area contributed by atoms with Crippen molar-refractivity contribution < 1.29 is 4.39 Å². The van der Waals surface area contributed by atoms with E-state index in [1.165, 1.54) is 44.4 Å². The van der Waals surface area contributed by atoms with E-state index in [2.05, 4.69) is 10.3 Å². The summed E-state index contributed by atoms with van der Waals surface area (Å²) < 4.78 is 13.2. The Balaban J connectivity index is 1.66. The molecular formula is C13H16ClFN2. The van der Waals surface area contributed by atoms with Crippen molar-refractivity contribution in [3.63, 3.8) is 0 Å². The summed E-state index contributed by atoms with van der Waals surface area (Å²) in [6, 6.07) is 1.28. The Morgan fingerprint density at radius 2 is 2.41 bits per heavy atom. The summed E-state index contributed by atoms with van der Waals surface area (Å²) in [5.74, 6) is 0.950. The van der Waals surface area contributed by atoms with E-state index >= 15 is 0 Å². The zero-order chi connectivity index (χ0) is 11.9. The smallest absolute Gasteiger partial charge is 0.147 e. The third-order valence-electron chi connectivity index (χ3n) is 4.29. The van der Waals surface area contributed by atoms with Crippen molar-refractivity contribution in [3.05, 3.63) is 23.1 Å². The molecule has 3 rings (SSSR count). The first-order valence-corrected chi connectivity index (χ1v) is 6.63. The van der Waals surface area contributed by atoms with Gasteiger partial charge in [0.15, 0.2) is 0 Å². The lowest BCUT2D eigenvalue weighted by molar-refractivity contribution is 0.353. The van der Waals surface area contributed by atoms with Gasteiger partial charge in [-0.2, -0.15) is 0 Å². The normalized spacial score (nSPS) is 30.8. The van der Waals surface area contributed by atoms with Crippen molar-refractivity contribution >= 4 is 17.4 Å². The van der Waals surface area contributed by atoms with Gasteiger partial charge in [-0.25, -0.2) is 9.37 Å². The minimum absolute atomic E-state index is 0.108. The lowest BCUT2D eigenvalue weighted by Gasteiger charge is -2.22. The highest BCUT2D eigenvalue weighted by Gasteiger charge is 2.54. The Kier molecular flexibility index (Phi) is 2.74. The summed E-state index contributed by atoms with van der Waals surface area (Å²) >= 11 is 5.87. The maximum absolute atomic E-state index is 13.2. The highest BCUT2D eigenvalue weighted by atomic mass is 35.5. The van der Waals surface area contributed by atoms with Gasteiger partial charge in [-0.3, -0.25) is 0 Å². The Morgan fingerprint density at radius 1 is 1.53 bits per heavy atom. The van der Waals surface area contributed by atoms with Crippen molar-refractivity contribution in [2.24, 2.45) is 11.3 Å². The van der Waals surface area contributed by atoms with Crippen LogP contribution in [-0.2, 0) is 0 Å². The molecule has 4 heteroatoms. The molecule has 0 spiro atoms. The zero-order valence-electron chi connectivity index (χ0n) is 9.68. The van der Waals surface area contributed by atoms with E-state index in [9.17, 15) is 4.39 Å². The molecule has 1 aromatic rings. The molecule has 0 bridgehead atoms. The number of hydrogen-bond acceptors (Lipinski definition) is 2. The molecule has 1 N–H and O–H groups in total. The van der Waals surface area contributed by atoms with Crippen LogP contribution in [-0.4, -0.2) is 11.5 Å². The van der Waals surface area contributed by atoms with Gasteiger partial charge in [-0.15, -0.1) is 0 Å². The van der Waals surface area contributed by atoms with Gasteiger partial charge in [0.1, 0.15) is 16.7 Å². The first-order chi connectivity index (χ1) is 8.21. The molecule has 2 aliphatic carbocycles. The number of nitrogens with one attached hydrogen (secondary N) is 1. The fourth-order valence-corrected chi connectivity index (χ4v) is 3.30. The number of anilines is 1. The molecule has 2 saturated carbocycles. The van der Waals surface area contributed by atoms with Crippen LogP contribution in [0.4, 0.5) is 10.2 Å². The zero-order valence-corrected chi connectivity index (χ0v) is 10.4. The second kappa shape index (κ2) is 4.13. The number of hydrogen-bond donors (Lipinski definition) is 1. The van der Waals surface area contributed by atoms with Crippen LogP contribution >= 0.6 is 11.6 Å². The van der Waals surface area contributed by atoms with Crippen LogP contribution in [0.1, 0.15) is 32.1 Å². The van der Waals surface area contributed by atoms with Gasteiger partial charge in [-0.1, -0.05) is 24.4 Å². The molecule has 0 saturated heterocycles. The fraction of sp³-hybridized carbons (Fsp3) is 0.615. The summed E-state index contributed by atoms with van der Waals surface area (Å²) in [6.07, 6.45) is 8.09. The molecule has 0 aliphatic heterocycles. The number of nitrogens with zero attached hydrogens (tertiary/aromatic N) is 1. The Hall–Kier alpha value is -0.830. The Labute approximate surface area is 106 Å². The van der Waals surface area contributed by atoms with Crippen LogP contribution in [0.15, 0.2) is 12.3 Å². The predicted molar refractivity (Wildman–Crippen MR) is 66.7 cm³/mol. The van der Waals surface area contributed by atoms with Gasteiger partial charge in [-0.05, 0) is 36.7 Å². The summed E-state index contributed by atoms with van der Waals surface area (Å²) in [7, 11) is 0. The van der Waals surface area contributed by atoms with E-state index < -0.39 is 5.82 Å². The molecule has 2 atom stereocenters. The molecule has 0 aromatic carbocycles. The molecule has 92 valence electrons. The van der Waals surface area contributed by atoms with E-state index in [0.717, 1.165) is 12.5 Å². The third kappa shape index (κ3) is 2.01. The van der Waals surface area contributed by atoms with Crippen molar-refractivity contribution in [2.75, 3.05) is 11.9 Å². The molecule has 2 fully saturated rings. The van der Waals surface area contributed by atoms with Crippen LogP contribution in [0, 0.1) is 17.2 Å². The second-order valence-electron chi connectivity index (χ2n) is 5.32. The van der Waals surface area contributed by atoms with E-state index in [-0.39, 0.29) is 5.02 Å². The Bertz CT molecular complexity index is 437. The maximum Gasteiger partial charge on any atom is 0.147 e. The van der Waals surface area contributed by atoms with Crippen molar-refractivity contribution in [3.8, 4) is 0 Å². The van der Waals surface area contributed by atoms with E-state index in [1.807, 2.05) is 0 Å². The third-order valence-corrected chi connectivity index (χ3v) is 4.65. The molecule has 2 unspecified atom stereocenters. The molecule has 1 aromatic heterocycles. The topological polar surface area (TPSA) is 24.9 Å². The average Bonchev–Trinajstić information content (AvgIpc) is 3.06. The quantitative estimate of drug-likeness (QED) is 0.886. The van der Waals surface area contributed by atoms with Crippen molar-refractivity contribution in [1.82, 2.24) is 4.98 Å². The molecule has 17 heavy (non-hydrogen) atoms. The first kappa shape index (κ1) is 11.3. The van der Waals surface area contributed by atoms with E-state index in [4.69, 9.17) is 11.6 Å². The molecule has 2 aliphatic rings. The number of halogens is 2. The van der Waals surface area contributed by atoms with Gasteiger partial charge in [0.25, 0.3) is 0 Å². The van der Waals surface area contributed by atoms with Gasteiger partial charge in [0.2, 0.25) is 0 Å². The highest BCUT2D eigenvalue weighted by molar-refractivity contribution is 6.33. The van der Waals surface area contributed by atoms with Crippen LogP contribution < -0.4 is 5.32 Å². The van der Waals surface area contributed by atoms with Crippen LogP contribution in [0.2, 0.25) is 5.02 Å². The highest BCUT2D eigenvalue weighted by Crippen LogP contribution is 2.61. The minimum Gasteiger partial charge on any atom is -0.368 e. The molecular weight excluding hydrogens is 239 g/mol. The van der Waals surface area contributed by atoms with Crippen LogP contribution in [0.3, 0.4) is 0 Å². The van der Waals surface area contributed by atoms with Crippen molar-refractivity contribution in [1.29, 1.82) is 0 Å². The summed E-state index contributed by atoms with van der Waals surface area (Å²) in [5, 5.41) is 3.33. The van der Waals surface area contributed by atoms with Crippen molar-refractivity contribution in [2.45, 2.75) is 32.1 Å². The van der Waals surface area contributed by atoms with Crippen LogP contribution in [0.5, 0.6) is 0 Å². The first-order valence-electron chi connectivity index (χ1n) is 6.25. The molecule has 1 heterocycles. The summed E-state index contributed by atoms with van der Waals surface area (Å²) in [6.45, 7) is 0.883. The van der Waals surface area contributed by atoms with E-state index in [1.54, 1.807) is 0 Å². The summed E-state index contributed by atoms with van der Waals surface area (Å²) in [5.41, 5.74) is 0.454. The lowest BCUT2D eigenvalue weighted by atomic mass is 9.88. The number of fused-ring (bicyclic) bond motifs is 1. The average molecular weight is 255 g/mol. The molecule has 2 nitrogen and oxygen atoms in total. The van der Waals surface area contributed by atoms with Gasteiger partial charge < -0.3 is 5.32 Å². The van der Waals surface area contributed by atoms with Gasteiger partial charge in [0.05, 0.1) is 0 Å². The van der Waals surface area contributed by atoms with Gasteiger partial charge >= 0.3 is 0 Å². The molecule has 0 amide bonds. The van der Waals surface area contributed by atoms with Crippen LogP contribution in [0.25, 0.3) is 0 Å². The predicted octanol–water partition coefficient (Wildman–Crippen LogP) is 3.87. The number of aromatic nitrogens is 1. The minimum atomic E-state index is -0.405. The number of rotatable bonds is 3. The standard InChI is InChI=1S/C13H16ClFN2/c14-11-10(15)4-6-16-12(11)17-8-13-5-2-1-3-9(13)7-13/h4,6,9H,1-3,5,7-8H2,(H,16,17). The molecule has 0 radical (unpaired) electrons.